The van der Waals surface area contributed by atoms with E-state index in [0.717, 1.165) is 19.3 Å². The summed E-state index contributed by atoms with van der Waals surface area (Å²) in [4.78, 5) is 3.56. The first kappa shape index (κ1) is 18.5. The average molecular weight is 312 g/mol. The third kappa shape index (κ3) is 5.32. The van der Waals surface area contributed by atoms with Gasteiger partial charge < -0.3 is 0 Å². The lowest BCUT2D eigenvalue weighted by atomic mass is 9.90. The van der Waals surface area contributed by atoms with Crippen molar-refractivity contribution in [1.82, 2.24) is 4.98 Å². The number of hydrogen-bond acceptors (Lipinski definition) is 2. The predicted octanol–water partition coefficient (Wildman–Crippen LogP) is 5.83. The van der Waals surface area contributed by atoms with E-state index >= 15 is 0 Å². The van der Waals surface area contributed by atoms with Gasteiger partial charge in [-0.15, -0.1) is 0 Å². The third-order valence-corrected chi connectivity index (χ3v) is 3.89. The SMILES string of the molecule is CCCCCCCCC(C)c1ccnc(C#N)c1C(F)(F)F. The Labute approximate surface area is 130 Å². The Bertz CT molecular complexity index is 504. The Kier molecular flexibility index (Phi) is 7.37. The smallest absolute Gasteiger partial charge is 0.245 e. The normalized spacial score (nSPS) is 12.9. The number of pyridine rings is 1. The van der Waals surface area contributed by atoms with Gasteiger partial charge in [-0.3, -0.25) is 0 Å². The summed E-state index contributed by atoms with van der Waals surface area (Å²) in [6.45, 7) is 3.94. The summed E-state index contributed by atoms with van der Waals surface area (Å²) in [6, 6.07) is 2.95. The largest absolute Gasteiger partial charge is 0.419 e. The number of nitrogens with zero attached hydrogens (tertiary/aromatic N) is 2. The van der Waals surface area contributed by atoms with Crippen molar-refractivity contribution in [2.75, 3.05) is 0 Å². The van der Waals surface area contributed by atoms with Crippen LogP contribution in [0.4, 0.5) is 13.2 Å². The van der Waals surface area contributed by atoms with E-state index in [1.165, 1.54) is 31.5 Å². The first-order valence-corrected chi connectivity index (χ1v) is 7.88. The lowest BCUT2D eigenvalue weighted by Gasteiger charge is -2.18. The Morgan fingerprint density at radius 3 is 2.41 bits per heavy atom. The fourth-order valence-corrected chi connectivity index (χ4v) is 2.66. The van der Waals surface area contributed by atoms with E-state index in [1.54, 1.807) is 13.0 Å². The van der Waals surface area contributed by atoms with Crippen LogP contribution >= 0.6 is 0 Å². The van der Waals surface area contributed by atoms with Crippen LogP contribution in [0.3, 0.4) is 0 Å². The lowest BCUT2D eigenvalue weighted by molar-refractivity contribution is -0.138. The monoisotopic (exact) mass is 312 g/mol. The van der Waals surface area contributed by atoms with Gasteiger partial charge in [0, 0.05) is 6.20 Å². The molecule has 1 heterocycles. The molecule has 0 aliphatic heterocycles. The molecule has 0 amide bonds. The van der Waals surface area contributed by atoms with Crippen molar-refractivity contribution in [1.29, 1.82) is 5.26 Å². The average Bonchev–Trinajstić information content (AvgIpc) is 2.48. The third-order valence-electron chi connectivity index (χ3n) is 3.89. The van der Waals surface area contributed by atoms with E-state index in [2.05, 4.69) is 11.9 Å². The number of halogens is 3. The van der Waals surface area contributed by atoms with Gasteiger partial charge in [-0.2, -0.15) is 18.4 Å². The molecule has 0 bridgehead atoms. The molecule has 1 aromatic heterocycles. The molecule has 1 aromatic rings. The highest BCUT2D eigenvalue weighted by Gasteiger charge is 2.38. The predicted molar refractivity (Wildman–Crippen MR) is 80.4 cm³/mol. The molecule has 1 rings (SSSR count). The van der Waals surface area contributed by atoms with Gasteiger partial charge in [0.15, 0.2) is 5.69 Å². The summed E-state index contributed by atoms with van der Waals surface area (Å²) < 4.78 is 39.6. The Balaban J connectivity index is 2.73. The molecule has 0 radical (unpaired) electrons. The van der Waals surface area contributed by atoms with E-state index in [9.17, 15) is 13.2 Å². The molecule has 0 aliphatic rings. The van der Waals surface area contributed by atoms with Crippen molar-refractivity contribution in [3.05, 3.63) is 29.1 Å². The van der Waals surface area contributed by atoms with Gasteiger partial charge in [0.25, 0.3) is 0 Å². The standard InChI is InChI=1S/C17H23F3N2/c1-3-4-5-6-7-8-9-13(2)14-10-11-22-15(12-21)16(14)17(18,19)20/h10-11,13H,3-9H2,1-2H3. The second kappa shape index (κ2) is 8.77. The Hall–Kier alpha value is -1.57. The highest BCUT2D eigenvalue weighted by Crippen LogP contribution is 2.38. The number of aromatic nitrogens is 1. The van der Waals surface area contributed by atoms with Gasteiger partial charge in [-0.1, -0.05) is 52.4 Å². The molecule has 2 nitrogen and oxygen atoms in total. The lowest BCUT2D eigenvalue weighted by Crippen LogP contribution is -2.14. The minimum Gasteiger partial charge on any atom is -0.245 e. The van der Waals surface area contributed by atoms with Crippen molar-refractivity contribution in [2.24, 2.45) is 0 Å². The summed E-state index contributed by atoms with van der Waals surface area (Å²) in [6.07, 6.45) is 4.12. The minimum absolute atomic E-state index is 0.188. The molecule has 1 unspecified atom stereocenters. The molecule has 5 heteroatoms. The van der Waals surface area contributed by atoms with Crippen molar-refractivity contribution in [2.45, 2.75) is 70.9 Å². The Morgan fingerprint density at radius 1 is 1.18 bits per heavy atom. The number of nitriles is 1. The second-order valence-electron chi connectivity index (χ2n) is 5.69. The fourth-order valence-electron chi connectivity index (χ4n) is 2.66. The molecule has 0 fully saturated rings. The maximum Gasteiger partial charge on any atom is 0.419 e. The highest BCUT2D eigenvalue weighted by molar-refractivity contribution is 5.41. The number of alkyl halides is 3. The van der Waals surface area contributed by atoms with Crippen molar-refractivity contribution >= 4 is 0 Å². The van der Waals surface area contributed by atoms with Gasteiger partial charge in [0.2, 0.25) is 0 Å². The molecular weight excluding hydrogens is 289 g/mol. The quantitative estimate of drug-likeness (QED) is 0.566. The van der Waals surface area contributed by atoms with E-state index in [0.29, 0.717) is 6.42 Å². The van der Waals surface area contributed by atoms with Crippen molar-refractivity contribution in [3.63, 3.8) is 0 Å². The van der Waals surface area contributed by atoms with Crippen LogP contribution in [0.1, 0.15) is 81.5 Å². The van der Waals surface area contributed by atoms with Crippen LogP contribution in [0.5, 0.6) is 0 Å². The van der Waals surface area contributed by atoms with E-state index in [1.807, 2.05) is 0 Å². The maximum absolute atomic E-state index is 13.2. The number of hydrogen-bond donors (Lipinski definition) is 0. The zero-order chi connectivity index (χ0) is 16.6. The van der Waals surface area contributed by atoms with E-state index in [4.69, 9.17) is 5.26 Å². The fraction of sp³-hybridized carbons (Fsp3) is 0.647. The van der Waals surface area contributed by atoms with E-state index < -0.39 is 17.4 Å². The number of unbranched alkanes of at least 4 members (excludes halogenated alkanes) is 5. The van der Waals surface area contributed by atoms with Gasteiger partial charge in [-0.25, -0.2) is 4.98 Å². The van der Waals surface area contributed by atoms with Gasteiger partial charge >= 0.3 is 6.18 Å². The molecular formula is C17H23F3N2. The topological polar surface area (TPSA) is 36.7 Å². The molecule has 1 atom stereocenters. The maximum atomic E-state index is 13.2. The van der Waals surface area contributed by atoms with Gasteiger partial charge in [0.05, 0.1) is 5.56 Å². The van der Waals surface area contributed by atoms with E-state index in [-0.39, 0.29) is 11.5 Å². The zero-order valence-electron chi connectivity index (χ0n) is 13.2. The zero-order valence-corrected chi connectivity index (χ0v) is 13.2. The highest BCUT2D eigenvalue weighted by atomic mass is 19.4. The number of rotatable bonds is 8. The summed E-state index contributed by atoms with van der Waals surface area (Å²) in [7, 11) is 0. The second-order valence-corrected chi connectivity index (χ2v) is 5.69. The molecule has 0 N–H and O–H groups in total. The van der Waals surface area contributed by atoms with Gasteiger partial charge in [0.1, 0.15) is 6.07 Å². The van der Waals surface area contributed by atoms with Crippen molar-refractivity contribution in [3.8, 4) is 6.07 Å². The molecule has 0 saturated heterocycles. The van der Waals surface area contributed by atoms with Crippen LogP contribution in [0.2, 0.25) is 0 Å². The summed E-state index contributed by atoms with van der Waals surface area (Å²) in [5.41, 5.74) is -1.21. The summed E-state index contributed by atoms with van der Waals surface area (Å²) in [5, 5.41) is 8.87. The Morgan fingerprint density at radius 2 is 1.82 bits per heavy atom. The van der Waals surface area contributed by atoms with Crippen LogP contribution < -0.4 is 0 Å². The van der Waals surface area contributed by atoms with Crippen LogP contribution in [0.25, 0.3) is 0 Å². The first-order valence-electron chi connectivity index (χ1n) is 7.88. The van der Waals surface area contributed by atoms with Gasteiger partial charge in [-0.05, 0) is 24.0 Å². The molecule has 122 valence electrons. The van der Waals surface area contributed by atoms with Crippen LogP contribution in [-0.4, -0.2) is 4.98 Å². The van der Waals surface area contributed by atoms with Crippen LogP contribution in [0.15, 0.2) is 12.3 Å². The minimum atomic E-state index is -4.54. The molecule has 0 aromatic carbocycles. The molecule has 22 heavy (non-hydrogen) atoms. The van der Waals surface area contributed by atoms with Crippen LogP contribution in [-0.2, 0) is 6.18 Å². The first-order chi connectivity index (χ1) is 10.4. The summed E-state index contributed by atoms with van der Waals surface area (Å²) >= 11 is 0. The molecule has 0 spiro atoms. The summed E-state index contributed by atoms with van der Waals surface area (Å²) in [5.74, 6) is -0.224. The molecule has 0 saturated carbocycles. The molecule has 0 aliphatic carbocycles. The van der Waals surface area contributed by atoms with Crippen molar-refractivity contribution < 1.29 is 13.2 Å². The van der Waals surface area contributed by atoms with Crippen LogP contribution in [0, 0.1) is 11.3 Å².